The topological polar surface area (TPSA) is 41.5 Å². The number of hydrogen-bond donors (Lipinski definition) is 2. The summed E-state index contributed by atoms with van der Waals surface area (Å²) in [7, 11) is 0. The average Bonchev–Trinajstić information content (AvgIpc) is 2.99. The molecule has 21 heavy (non-hydrogen) atoms. The molecule has 2 rings (SSSR count). The van der Waals surface area contributed by atoms with Crippen molar-refractivity contribution in [2.24, 2.45) is 5.92 Å². The molecule has 5 unspecified atom stereocenters. The number of aliphatic hydroxyl groups is 1. The molecule has 0 heterocycles. The van der Waals surface area contributed by atoms with Crippen molar-refractivity contribution < 1.29 is 9.84 Å². The maximum Gasteiger partial charge on any atom is 0.0897 e. The van der Waals surface area contributed by atoms with Gasteiger partial charge in [-0.25, -0.2) is 0 Å². The van der Waals surface area contributed by atoms with Gasteiger partial charge in [0.05, 0.1) is 18.8 Å². The summed E-state index contributed by atoms with van der Waals surface area (Å²) in [5.41, 5.74) is 0. The first-order valence-corrected chi connectivity index (χ1v) is 10.1. The molecule has 0 spiro atoms. The van der Waals surface area contributed by atoms with E-state index in [1.54, 1.807) is 0 Å². The molecule has 4 heteroatoms. The van der Waals surface area contributed by atoms with Crippen LogP contribution in [0.15, 0.2) is 0 Å². The van der Waals surface area contributed by atoms with Gasteiger partial charge in [0.15, 0.2) is 0 Å². The van der Waals surface area contributed by atoms with Crippen LogP contribution in [0.4, 0.5) is 0 Å². The monoisotopic (exact) mass is 315 g/mol. The first kappa shape index (κ1) is 17.6. The van der Waals surface area contributed by atoms with Crippen molar-refractivity contribution in [2.75, 3.05) is 19.4 Å². The van der Waals surface area contributed by atoms with Crippen LogP contribution in [-0.2, 0) is 4.74 Å². The van der Waals surface area contributed by atoms with Crippen molar-refractivity contribution in [1.82, 2.24) is 5.32 Å². The Hall–Kier alpha value is 0.230. The SMILES string of the molecule is CCC1CCCCC1OCC(O)CNC1CCC(SC)C1. The molecule has 0 aromatic carbocycles. The fraction of sp³-hybridized carbons (Fsp3) is 1.00. The van der Waals surface area contributed by atoms with Gasteiger partial charge in [-0.1, -0.05) is 26.2 Å². The summed E-state index contributed by atoms with van der Waals surface area (Å²) in [6, 6.07) is 0.593. The molecule has 0 aromatic rings. The molecule has 0 radical (unpaired) electrons. The number of aliphatic hydroxyl groups excluding tert-OH is 1. The van der Waals surface area contributed by atoms with Crippen molar-refractivity contribution in [1.29, 1.82) is 0 Å². The van der Waals surface area contributed by atoms with Gasteiger partial charge in [0.1, 0.15) is 0 Å². The first-order valence-electron chi connectivity index (χ1n) is 8.78. The van der Waals surface area contributed by atoms with E-state index in [2.05, 4.69) is 18.5 Å². The van der Waals surface area contributed by atoms with Gasteiger partial charge < -0.3 is 15.2 Å². The third kappa shape index (κ3) is 5.74. The summed E-state index contributed by atoms with van der Waals surface area (Å²) in [6.07, 6.45) is 12.3. The van der Waals surface area contributed by atoms with E-state index in [1.165, 1.54) is 51.4 Å². The Kier molecular flexibility index (Phi) is 7.86. The van der Waals surface area contributed by atoms with Crippen LogP contribution >= 0.6 is 11.8 Å². The zero-order chi connectivity index (χ0) is 15.1. The standard InChI is InChI=1S/C17H33NO2S/c1-3-13-6-4-5-7-17(13)20-12-15(19)11-18-14-8-9-16(10-14)21-2/h13-19H,3-12H2,1-2H3. The fourth-order valence-corrected chi connectivity index (χ4v) is 4.59. The summed E-state index contributed by atoms with van der Waals surface area (Å²) < 4.78 is 6.01. The normalized spacial score (nSPS) is 35.0. The van der Waals surface area contributed by atoms with E-state index in [-0.39, 0.29) is 6.10 Å². The first-order chi connectivity index (χ1) is 10.2. The summed E-state index contributed by atoms with van der Waals surface area (Å²) >= 11 is 1.97. The molecule has 2 saturated carbocycles. The molecule has 0 aromatic heterocycles. The second-order valence-electron chi connectivity index (χ2n) is 6.75. The molecule has 5 atom stereocenters. The summed E-state index contributed by atoms with van der Waals surface area (Å²) in [4.78, 5) is 0. The Bertz CT molecular complexity index is 290. The minimum Gasteiger partial charge on any atom is -0.389 e. The van der Waals surface area contributed by atoms with Crippen LogP contribution in [0, 0.1) is 5.92 Å². The molecule has 2 N–H and O–H groups in total. The lowest BCUT2D eigenvalue weighted by molar-refractivity contribution is -0.0503. The van der Waals surface area contributed by atoms with Gasteiger partial charge in [-0.3, -0.25) is 0 Å². The Morgan fingerprint density at radius 2 is 2.05 bits per heavy atom. The second-order valence-corrected chi connectivity index (χ2v) is 7.89. The highest BCUT2D eigenvalue weighted by Crippen LogP contribution is 2.29. The van der Waals surface area contributed by atoms with Gasteiger partial charge in [-0.2, -0.15) is 11.8 Å². The molecule has 124 valence electrons. The quantitative estimate of drug-likeness (QED) is 0.722. The molecule has 0 saturated heterocycles. The van der Waals surface area contributed by atoms with Gasteiger partial charge in [-0.05, 0) is 44.3 Å². The van der Waals surface area contributed by atoms with Crippen LogP contribution in [0.25, 0.3) is 0 Å². The van der Waals surface area contributed by atoms with Crippen molar-refractivity contribution in [3.8, 4) is 0 Å². The van der Waals surface area contributed by atoms with Crippen molar-refractivity contribution in [3.05, 3.63) is 0 Å². The Morgan fingerprint density at radius 3 is 2.76 bits per heavy atom. The predicted octanol–water partition coefficient (Wildman–Crippen LogP) is 3.21. The van der Waals surface area contributed by atoms with Gasteiger partial charge in [0.2, 0.25) is 0 Å². The van der Waals surface area contributed by atoms with Crippen LogP contribution in [-0.4, -0.2) is 48.0 Å². The third-order valence-corrected chi connectivity index (χ3v) is 6.32. The van der Waals surface area contributed by atoms with E-state index in [9.17, 15) is 5.11 Å². The van der Waals surface area contributed by atoms with E-state index in [0.717, 1.165) is 5.25 Å². The van der Waals surface area contributed by atoms with Crippen LogP contribution in [0.5, 0.6) is 0 Å². The molecule has 3 nitrogen and oxygen atoms in total. The fourth-order valence-electron chi connectivity index (χ4n) is 3.80. The minimum atomic E-state index is -0.363. The van der Waals surface area contributed by atoms with E-state index in [0.29, 0.717) is 31.2 Å². The lowest BCUT2D eigenvalue weighted by atomic mass is 9.85. The van der Waals surface area contributed by atoms with Crippen molar-refractivity contribution in [2.45, 2.75) is 81.8 Å². The van der Waals surface area contributed by atoms with E-state index in [1.807, 2.05) is 11.8 Å². The summed E-state index contributed by atoms with van der Waals surface area (Å²) in [5.74, 6) is 0.705. The summed E-state index contributed by atoms with van der Waals surface area (Å²) in [6.45, 7) is 3.43. The third-order valence-electron chi connectivity index (χ3n) is 5.23. The Labute approximate surface area is 134 Å². The lowest BCUT2D eigenvalue weighted by Crippen LogP contribution is -2.38. The smallest absolute Gasteiger partial charge is 0.0897 e. The Morgan fingerprint density at radius 1 is 1.24 bits per heavy atom. The largest absolute Gasteiger partial charge is 0.389 e. The second kappa shape index (κ2) is 9.39. The maximum atomic E-state index is 10.1. The number of hydrogen-bond acceptors (Lipinski definition) is 4. The highest BCUT2D eigenvalue weighted by Gasteiger charge is 2.26. The molecule has 2 aliphatic rings. The van der Waals surface area contributed by atoms with Gasteiger partial charge in [0.25, 0.3) is 0 Å². The number of nitrogens with one attached hydrogen (secondary N) is 1. The average molecular weight is 316 g/mol. The van der Waals surface area contributed by atoms with Gasteiger partial charge >= 0.3 is 0 Å². The minimum absolute atomic E-state index is 0.363. The lowest BCUT2D eigenvalue weighted by Gasteiger charge is -2.31. The van der Waals surface area contributed by atoms with Crippen LogP contribution in [0.2, 0.25) is 0 Å². The molecule has 0 aliphatic heterocycles. The Balaban J connectivity index is 1.60. The molecular formula is C17H33NO2S. The van der Waals surface area contributed by atoms with E-state index < -0.39 is 0 Å². The van der Waals surface area contributed by atoms with Crippen LogP contribution < -0.4 is 5.32 Å². The number of rotatable bonds is 8. The molecule has 0 bridgehead atoms. The van der Waals surface area contributed by atoms with Crippen LogP contribution in [0.1, 0.15) is 58.3 Å². The van der Waals surface area contributed by atoms with Crippen molar-refractivity contribution in [3.63, 3.8) is 0 Å². The zero-order valence-electron chi connectivity index (χ0n) is 13.7. The van der Waals surface area contributed by atoms with Crippen molar-refractivity contribution >= 4 is 11.8 Å². The highest BCUT2D eigenvalue weighted by atomic mass is 32.2. The van der Waals surface area contributed by atoms with E-state index in [4.69, 9.17) is 4.74 Å². The summed E-state index contributed by atoms with van der Waals surface area (Å²) in [5, 5.41) is 14.5. The van der Waals surface area contributed by atoms with Gasteiger partial charge in [0, 0.05) is 17.8 Å². The molecule has 2 fully saturated rings. The van der Waals surface area contributed by atoms with Crippen LogP contribution in [0.3, 0.4) is 0 Å². The highest BCUT2D eigenvalue weighted by molar-refractivity contribution is 7.99. The van der Waals surface area contributed by atoms with E-state index >= 15 is 0 Å². The molecular weight excluding hydrogens is 282 g/mol. The zero-order valence-corrected chi connectivity index (χ0v) is 14.5. The molecule has 2 aliphatic carbocycles. The number of thioether (sulfide) groups is 1. The number of ether oxygens (including phenoxy) is 1. The predicted molar refractivity (Wildman–Crippen MR) is 90.9 cm³/mol. The molecule has 0 amide bonds. The maximum absolute atomic E-state index is 10.1. The van der Waals surface area contributed by atoms with Gasteiger partial charge in [-0.15, -0.1) is 0 Å².